The quantitative estimate of drug-likeness (QED) is 0.677. The minimum atomic E-state index is -3.70. The molecule has 0 amide bonds. The Labute approximate surface area is 133 Å². The number of methoxy groups -OCH3 is 1. The molecule has 1 rings (SSSR count). The van der Waals surface area contributed by atoms with E-state index in [2.05, 4.69) is 20.7 Å². The minimum absolute atomic E-state index is 0.0694. The van der Waals surface area contributed by atoms with E-state index in [4.69, 9.17) is 9.47 Å². The van der Waals surface area contributed by atoms with Gasteiger partial charge in [-0.05, 0) is 31.5 Å². The molecule has 0 spiro atoms. The number of halogens is 1. The van der Waals surface area contributed by atoms with Crippen molar-refractivity contribution in [3.05, 3.63) is 22.7 Å². The van der Waals surface area contributed by atoms with Crippen molar-refractivity contribution in [3.8, 4) is 5.75 Å². The summed E-state index contributed by atoms with van der Waals surface area (Å²) >= 11 is 3.25. The molecule has 1 unspecified atom stereocenters. The van der Waals surface area contributed by atoms with Gasteiger partial charge in [-0.1, -0.05) is 15.9 Å². The Kier molecular flexibility index (Phi) is 7.61. The average Bonchev–Trinajstić information content (AvgIpc) is 2.41. The van der Waals surface area contributed by atoms with Crippen LogP contribution in [0.25, 0.3) is 0 Å². The predicted octanol–water partition coefficient (Wildman–Crippen LogP) is 1.52. The monoisotopic (exact) mass is 381 g/mol. The first-order chi connectivity index (χ1) is 9.90. The molecule has 0 fully saturated rings. The standard InChI is InChI=1S/C13H20BrNO5S/c1-3-20-12-5-4-10(14)8-13(12)21(17,18)15-7-6-11(16)9-19-2/h4-5,8,11,15-16H,3,6-7,9H2,1-2H3. The molecule has 21 heavy (non-hydrogen) atoms. The number of aliphatic hydroxyl groups is 1. The average molecular weight is 382 g/mol. The summed E-state index contributed by atoms with van der Waals surface area (Å²) in [5.41, 5.74) is 0. The molecule has 1 aromatic carbocycles. The van der Waals surface area contributed by atoms with Crippen LogP contribution in [0, 0.1) is 0 Å². The lowest BCUT2D eigenvalue weighted by Gasteiger charge is -2.13. The third kappa shape index (κ3) is 5.91. The highest BCUT2D eigenvalue weighted by Gasteiger charge is 2.20. The van der Waals surface area contributed by atoms with Crippen LogP contribution < -0.4 is 9.46 Å². The zero-order chi connectivity index (χ0) is 15.9. The molecule has 0 aliphatic carbocycles. The van der Waals surface area contributed by atoms with Gasteiger partial charge in [0, 0.05) is 18.1 Å². The number of nitrogens with one attached hydrogen (secondary N) is 1. The topological polar surface area (TPSA) is 84.9 Å². The molecule has 8 heteroatoms. The summed E-state index contributed by atoms with van der Waals surface area (Å²) in [4.78, 5) is 0.0694. The molecule has 0 bridgehead atoms. The molecule has 6 nitrogen and oxygen atoms in total. The Hall–Kier alpha value is -0.670. The summed E-state index contributed by atoms with van der Waals surface area (Å²) in [7, 11) is -2.23. The Bertz CT molecular complexity index is 549. The van der Waals surface area contributed by atoms with Crippen molar-refractivity contribution in [2.75, 3.05) is 26.9 Å². The summed E-state index contributed by atoms with van der Waals surface area (Å²) in [5.74, 6) is 0.297. The maximum Gasteiger partial charge on any atom is 0.244 e. The van der Waals surface area contributed by atoms with Gasteiger partial charge in [-0.2, -0.15) is 0 Å². The van der Waals surface area contributed by atoms with Gasteiger partial charge in [0.2, 0.25) is 10.0 Å². The van der Waals surface area contributed by atoms with E-state index in [1.54, 1.807) is 19.1 Å². The highest BCUT2D eigenvalue weighted by Crippen LogP contribution is 2.27. The second kappa shape index (κ2) is 8.70. The maximum absolute atomic E-state index is 12.3. The second-order valence-corrected chi connectivity index (χ2v) is 6.97. The maximum atomic E-state index is 12.3. The summed E-state index contributed by atoms with van der Waals surface area (Å²) in [6, 6.07) is 4.80. The highest BCUT2D eigenvalue weighted by atomic mass is 79.9. The van der Waals surface area contributed by atoms with Crippen LogP contribution in [0.1, 0.15) is 13.3 Å². The van der Waals surface area contributed by atoms with Crippen LogP contribution in [0.5, 0.6) is 5.75 Å². The van der Waals surface area contributed by atoms with Gasteiger partial charge in [-0.3, -0.25) is 0 Å². The highest BCUT2D eigenvalue weighted by molar-refractivity contribution is 9.10. The van der Waals surface area contributed by atoms with Crippen LogP contribution in [0.2, 0.25) is 0 Å². The third-order valence-electron chi connectivity index (χ3n) is 2.62. The molecular formula is C13H20BrNO5S. The first kappa shape index (κ1) is 18.4. The number of ether oxygens (including phenoxy) is 2. The summed E-state index contributed by atoms with van der Waals surface area (Å²) < 4.78 is 37.8. The molecule has 120 valence electrons. The number of hydrogen-bond acceptors (Lipinski definition) is 5. The first-order valence-electron chi connectivity index (χ1n) is 6.49. The minimum Gasteiger partial charge on any atom is -0.492 e. The number of sulfonamides is 1. The lowest BCUT2D eigenvalue weighted by Crippen LogP contribution is -2.29. The fraction of sp³-hybridized carbons (Fsp3) is 0.538. The molecule has 0 saturated heterocycles. The number of benzene rings is 1. The molecule has 0 aromatic heterocycles. The molecule has 1 atom stereocenters. The fourth-order valence-corrected chi connectivity index (χ4v) is 3.41. The second-order valence-electron chi connectivity index (χ2n) is 4.32. The van der Waals surface area contributed by atoms with Crippen molar-refractivity contribution in [2.24, 2.45) is 0 Å². The van der Waals surface area contributed by atoms with Gasteiger partial charge in [-0.25, -0.2) is 13.1 Å². The van der Waals surface area contributed by atoms with Crippen molar-refractivity contribution >= 4 is 26.0 Å². The van der Waals surface area contributed by atoms with Crippen molar-refractivity contribution in [3.63, 3.8) is 0 Å². The van der Waals surface area contributed by atoms with E-state index in [0.717, 1.165) is 0 Å². The van der Waals surface area contributed by atoms with Crippen LogP contribution in [-0.4, -0.2) is 46.5 Å². The van der Waals surface area contributed by atoms with Crippen LogP contribution in [-0.2, 0) is 14.8 Å². The predicted molar refractivity (Wildman–Crippen MR) is 83.0 cm³/mol. The molecule has 0 radical (unpaired) electrons. The lowest BCUT2D eigenvalue weighted by atomic mass is 10.3. The van der Waals surface area contributed by atoms with Crippen LogP contribution in [0.3, 0.4) is 0 Å². The smallest absolute Gasteiger partial charge is 0.244 e. The van der Waals surface area contributed by atoms with Gasteiger partial charge in [-0.15, -0.1) is 0 Å². The van der Waals surface area contributed by atoms with Crippen molar-refractivity contribution in [1.82, 2.24) is 4.72 Å². The van der Waals surface area contributed by atoms with E-state index < -0.39 is 16.1 Å². The van der Waals surface area contributed by atoms with Gasteiger partial charge in [0.25, 0.3) is 0 Å². The van der Waals surface area contributed by atoms with E-state index >= 15 is 0 Å². The van der Waals surface area contributed by atoms with Gasteiger partial charge in [0.15, 0.2) is 0 Å². The first-order valence-corrected chi connectivity index (χ1v) is 8.77. The van der Waals surface area contributed by atoms with Crippen molar-refractivity contribution < 1.29 is 23.0 Å². The van der Waals surface area contributed by atoms with Gasteiger partial charge in [0.1, 0.15) is 10.6 Å². The van der Waals surface area contributed by atoms with E-state index in [1.807, 2.05) is 0 Å². The fourth-order valence-electron chi connectivity index (χ4n) is 1.68. The molecule has 1 aromatic rings. The third-order valence-corrected chi connectivity index (χ3v) is 4.60. The number of hydrogen-bond donors (Lipinski definition) is 2. The zero-order valence-electron chi connectivity index (χ0n) is 12.0. The van der Waals surface area contributed by atoms with Crippen LogP contribution >= 0.6 is 15.9 Å². The lowest BCUT2D eigenvalue weighted by molar-refractivity contribution is 0.0603. The largest absolute Gasteiger partial charge is 0.492 e. The van der Waals surface area contributed by atoms with Crippen LogP contribution in [0.15, 0.2) is 27.6 Å². The Morgan fingerprint density at radius 1 is 1.43 bits per heavy atom. The van der Waals surface area contributed by atoms with E-state index in [9.17, 15) is 13.5 Å². The number of rotatable bonds is 9. The molecule has 0 saturated carbocycles. The Morgan fingerprint density at radius 3 is 2.76 bits per heavy atom. The normalized spacial score (nSPS) is 13.1. The molecule has 0 aliphatic heterocycles. The van der Waals surface area contributed by atoms with E-state index in [-0.39, 0.29) is 24.5 Å². The summed E-state index contributed by atoms with van der Waals surface area (Å²) in [6.07, 6.45) is -0.433. The summed E-state index contributed by atoms with van der Waals surface area (Å²) in [5, 5.41) is 9.51. The summed E-state index contributed by atoms with van der Waals surface area (Å²) in [6.45, 7) is 2.44. The van der Waals surface area contributed by atoms with E-state index in [1.165, 1.54) is 13.2 Å². The zero-order valence-corrected chi connectivity index (χ0v) is 14.4. The van der Waals surface area contributed by atoms with Gasteiger partial charge in [0.05, 0.1) is 19.3 Å². The molecule has 2 N–H and O–H groups in total. The Morgan fingerprint density at radius 2 is 2.14 bits per heavy atom. The van der Waals surface area contributed by atoms with Crippen molar-refractivity contribution in [1.29, 1.82) is 0 Å². The molecule has 0 heterocycles. The van der Waals surface area contributed by atoms with Gasteiger partial charge >= 0.3 is 0 Å². The molecule has 0 aliphatic rings. The Balaban J connectivity index is 2.80. The van der Waals surface area contributed by atoms with Crippen molar-refractivity contribution in [2.45, 2.75) is 24.3 Å². The van der Waals surface area contributed by atoms with Gasteiger partial charge < -0.3 is 14.6 Å². The van der Waals surface area contributed by atoms with Crippen LogP contribution in [0.4, 0.5) is 0 Å². The van der Waals surface area contributed by atoms with E-state index in [0.29, 0.717) is 16.8 Å². The molecular weight excluding hydrogens is 362 g/mol. The number of aliphatic hydroxyl groups excluding tert-OH is 1. The SMILES string of the molecule is CCOc1ccc(Br)cc1S(=O)(=O)NCCC(O)COC.